The van der Waals surface area contributed by atoms with E-state index in [-0.39, 0.29) is 31.8 Å². The zero-order valence-electron chi connectivity index (χ0n) is 15.7. The van der Waals surface area contributed by atoms with Crippen molar-refractivity contribution in [3.05, 3.63) is 53.6 Å². The number of benzene rings is 1. The third kappa shape index (κ3) is 5.77. The van der Waals surface area contributed by atoms with Crippen molar-refractivity contribution in [3.8, 4) is 0 Å². The van der Waals surface area contributed by atoms with Crippen molar-refractivity contribution < 1.29 is 28.6 Å². The van der Waals surface area contributed by atoms with Crippen LogP contribution in [-0.4, -0.2) is 49.3 Å². The molecule has 0 aliphatic rings. The molecule has 1 heterocycles. The largest absolute Gasteiger partial charge is 0.480 e. The number of imidazole rings is 1. The molecule has 2 N–H and O–H groups in total. The Hall–Kier alpha value is -2.97. The number of carbonyl (C=O) groups is 2. The topological polar surface area (TPSA) is 95.7 Å². The number of rotatable bonds is 9. The normalized spacial score (nSPS) is 12.2. The predicted molar refractivity (Wildman–Crippen MR) is 97.0 cm³/mol. The summed E-state index contributed by atoms with van der Waals surface area (Å²) < 4.78 is 28.4. The number of carboxylic acids is 1. The molecule has 152 valence electrons. The Kier molecular flexibility index (Phi) is 7.08. The monoisotopic (exact) mass is 395 g/mol. The van der Waals surface area contributed by atoms with Crippen molar-refractivity contribution in [2.45, 2.75) is 39.3 Å². The summed E-state index contributed by atoms with van der Waals surface area (Å²) >= 11 is 0. The van der Waals surface area contributed by atoms with Crippen LogP contribution in [-0.2, 0) is 17.8 Å². The van der Waals surface area contributed by atoms with Gasteiger partial charge in [0.2, 0.25) is 0 Å². The van der Waals surface area contributed by atoms with Gasteiger partial charge in [0.05, 0.1) is 6.33 Å². The molecule has 0 aliphatic heterocycles. The lowest BCUT2D eigenvalue weighted by molar-refractivity contribution is -0.143. The van der Waals surface area contributed by atoms with Crippen LogP contribution >= 0.6 is 0 Å². The van der Waals surface area contributed by atoms with Crippen molar-refractivity contribution in [1.82, 2.24) is 14.5 Å². The first-order chi connectivity index (χ1) is 13.2. The highest BCUT2D eigenvalue weighted by Crippen LogP contribution is 2.15. The molecule has 1 amide bonds. The first kappa shape index (κ1) is 21.3. The molecule has 9 heteroatoms. The summed E-state index contributed by atoms with van der Waals surface area (Å²) in [6.45, 7) is 3.76. The number of amides is 1. The van der Waals surface area contributed by atoms with Crippen molar-refractivity contribution in [2.75, 3.05) is 6.54 Å². The Morgan fingerprint density at radius 2 is 1.82 bits per heavy atom. The molecule has 0 aliphatic carbocycles. The minimum atomic E-state index is -1.31. The molecule has 1 aromatic heterocycles. The molecule has 2 rings (SSSR count). The first-order valence-corrected chi connectivity index (χ1v) is 8.83. The fraction of sp³-hybridized carbons (Fsp3) is 0.421. The van der Waals surface area contributed by atoms with Gasteiger partial charge in [0.15, 0.2) is 0 Å². The standard InChI is InChI=1S/C19H23F2N3O4/c1-12(2)5-17(18(25)26)24(19(27)28)4-3-16-9-22-11-23(16)10-13-6-14(20)8-15(21)7-13/h6-9,11-12,17H,3-5,10H2,1-2H3,(H,25,26)(H,27,28). The van der Waals surface area contributed by atoms with E-state index >= 15 is 0 Å². The van der Waals surface area contributed by atoms with Gasteiger partial charge < -0.3 is 14.8 Å². The molecule has 1 unspecified atom stereocenters. The van der Waals surface area contributed by atoms with Gasteiger partial charge in [-0.15, -0.1) is 0 Å². The van der Waals surface area contributed by atoms with Crippen LogP contribution in [0.4, 0.5) is 13.6 Å². The van der Waals surface area contributed by atoms with E-state index in [0.29, 0.717) is 11.3 Å². The second-order valence-corrected chi connectivity index (χ2v) is 7.00. The van der Waals surface area contributed by atoms with Gasteiger partial charge in [0.1, 0.15) is 17.7 Å². The summed E-state index contributed by atoms with van der Waals surface area (Å²) in [6.07, 6.45) is 2.10. The number of aliphatic carboxylic acids is 1. The van der Waals surface area contributed by atoms with Gasteiger partial charge in [0, 0.05) is 37.5 Å². The third-order valence-corrected chi connectivity index (χ3v) is 4.28. The lowest BCUT2D eigenvalue weighted by Gasteiger charge is -2.27. The van der Waals surface area contributed by atoms with Crippen LogP contribution in [0.1, 0.15) is 31.5 Å². The number of halogens is 2. The van der Waals surface area contributed by atoms with Crippen LogP contribution in [0.3, 0.4) is 0 Å². The van der Waals surface area contributed by atoms with Crippen molar-refractivity contribution in [1.29, 1.82) is 0 Å². The molecule has 7 nitrogen and oxygen atoms in total. The van der Waals surface area contributed by atoms with Gasteiger partial charge >= 0.3 is 12.1 Å². The maximum atomic E-state index is 13.4. The lowest BCUT2D eigenvalue weighted by atomic mass is 10.0. The van der Waals surface area contributed by atoms with E-state index in [9.17, 15) is 28.6 Å². The quantitative estimate of drug-likeness (QED) is 0.680. The maximum absolute atomic E-state index is 13.4. The van der Waals surface area contributed by atoms with E-state index in [1.165, 1.54) is 24.7 Å². The van der Waals surface area contributed by atoms with E-state index in [4.69, 9.17) is 0 Å². The van der Waals surface area contributed by atoms with Gasteiger partial charge in [-0.05, 0) is 30.0 Å². The molecule has 1 aromatic carbocycles. The van der Waals surface area contributed by atoms with E-state index in [0.717, 1.165) is 11.0 Å². The highest BCUT2D eigenvalue weighted by molar-refractivity contribution is 5.79. The molecular formula is C19H23F2N3O4. The smallest absolute Gasteiger partial charge is 0.408 e. The number of aromatic nitrogens is 2. The Balaban J connectivity index is 2.13. The van der Waals surface area contributed by atoms with E-state index in [1.54, 1.807) is 4.57 Å². The minimum absolute atomic E-state index is 0.0105. The van der Waals surface area contributed by atoms with Crippen molar-refractivity contribution in [3.63, 3.8) is 0 Å². The Labute approximate surface area is 161 Å². The third-order valence-electron chi connectivity index (χ3n) is 4.28. The second kappa shape index (κ2) is 9.29. The van der Waals surface area contributed by atoms with Crippen LogP contribution < -0.4 is 0 Å². The first-order valence-electron chi connectivity index (χ1n) is 8.83. The Morgan fingerprint density at radius 1 is 1.18 bits per heavy atom. The fourth-order valence-electron chi connectivity index (χ4n) is 3.03. The summed E-state index contributed by atoms with van der Waals surface area (Å²) in [4.78, 5) is 28.0. The fourth-order valence-corrected chi connectivity index (χ4v) is 3.03. The van der Waals surface area contributed by atoms with Gasteiger partial charge in [0.25, 0.3) is 0 Å². The highest BCUT2D eigenvalue weighted by Gasteiger charge is 2.30. The molecule has 0 saturated carbocycles. The van der Waals surface area contributed by atoms with Crippen LogP contribution in [0.5, 0.6) is 0 Å². The molecule has 1 atom stereocenters. The Bertz CT molecular complexity index is 818. The summed E-state index contributed by atoms with van der Waals surface area (Å²) in [5.41, 5.74) is 1.03. The average molecular weight is 395 g/mol. The summed E-state index contributed by atoms with van der Waals surface area (Å²) in [5.74, 6) is -2.56. The van der Waals surface area contributed by atoms with E-state index in [2.05, 4.69) is 4.98 Å². The van der Waals surface area contributed by atoms with Crippen LogP contribution in [0.25, 0.3) is 0 Å². The minimum Gasteiger partial charge on any atom is -0.480 e. The van der Waals surface area contributed by atoms with E-state index in [1.807, 2.05) is 13.8 Å². The lowest BCUT2D eigenvalue weighted by Crippen LogP contribution is -2.46. The van der Waals surface area contributed by atoms with Crippen molar-refractivity contribution in [2.24, 2.45) is 5.92 Å². The number of nitrogens with zero attached hydrogens (tertiary/aromatic N) is 3. The number of hydrogen-bond acceptors (Lipinski definition) is 3. The molecule has 0 radical (unpaired) electrons. The van der Waals surface area contributed by atoms with Gasteiger partial charge in [-0.1, -0.05) is 13.8 Å². The molecule has 28 heavy (non-hydrogen) atoms. The average Bonchev–Trinajstić information content (AvgIpc) is 2.99. The zero-order chi connectivity index (χ0) is 20.8. The Morgan fingerprint density at radius 3 is 2.36 bits per heavy atom. The van der Waals surface area contributed by atoms with Crippen molar-refractivity contribution >= 4 is 12.1 Å². The van der Waals surface area contributed by atoms with Gasteiger partial charge in [-0.2, -0.15) is 0 Å². The maximum Gasteiger partial charge on any atom is 0.408 e. The zero-order valence-corrected chi connectivity index (χ0v) is 15.7. The summed E-state index contributed by atoms with van der Waals surface area (Å²) in [6, 6.07) is 2.05. The SMILES string of the molecule is CC(C)CC(C(=O)O)N(CCc1cncn1Cc1cc(F)cc(F)c1)C(=O)O. The second-order valence-electron chi connectivity index (χ2n) is 7.00. The molecule has 0 saturated heterocycles. The molecule has 0 spiro atoms. The van der Waals surface area contributed by atoms with Crippen LogP contribution in [0.15, 0.2) is 30.7 Å². The van der Waals surface area contributed by atoms with Gasteiger partial charge in [-0.25, -0.2) is 23.4 Å². The van der Waals surface area contributed by atoms with Gasteiger partial charge in [-0.3, -0.25) is 4.90 Å². The number of carboxylic acid groups (broad SMARTS) is 2. The highest BCUT2D eigenvalue weighted by atomic mass is 19.1. The number of hydrogen-bond donors (Lipinski definition) is 2. The summed E-state index contributed by atoms with van der Waals surface area (Å²) in [7, 11) is 0. The summed E-state index contributed by atoms with van der Waals surface area (Å²) in [5, 5.41) is 18.9. The van der Waals surface area contributed by atoms with Crippen LogP contribution in [0.2, 0.25) is 0 Å². The molecular weight excluding hydrogens is 372 g/mol. The molecule has 2 aromatic rings. The van der Waals surface area contributed by atoms with Crippen LogP contribution in [0, 0.1) is 17.6 Å². The van der Waals surface area contributed by atoms with E-state index < -0.39 is 29.7 Å². The predicted octanol–water partition coefficient (Wildman–Crippen LogP) is 3.23. The molecule has 0 bridgehead atoms. The molecule has 0 fully saturated rings.